The van der Waals surface area contributed by atoms with E-state index in [-0.39, 0.29) is 11.7 Å². The first kappa shape index (κ1) is 17.4. The molecule has 1 aromatic rings. The maximum atomic E-state index is 13.6. The summed E-state index contributed by atoms with van der Waals surface area (Å²) in [6.07, 6.45) is 2.41. The molecule has 0 saturated carbocycles. The standard InChI is InChI=1S/C16H26FN3O/c1-4-19-16(2,15(18)21)11-7-8-12-20(3)14-10-6-5-9-13(14)17/h5-6,9-10,19H,4,7-8,11-12H2,1-3H3,(H2,18,21). The summed E-state index contributed by atoms with van der Waals surface area (Å²) < 4.78 is 13.6. The number of nitrogens with two attached hydrogens (primary N) is 1. The lowest BCUT2D eigenvalue weighted by molar-refractivity contribution is -0.124. The summed E-state index contributed by atoms with van der Waals surface area (Å²) in [5.41, 5.74) is 5.39. The number of carbonyl (C=O) groups excluding carboxylic acids is 1. The monoisotopic (exact) mass is 295 g/mol. The topological polar surface area (TPSA) is 58.4 Å². The average molecular weight is 295 g/mol. The minimum Gasteiger partial charge on any atom is -0.372 e. The highest BCUT2D eigenvalue weighted by Crippen LogP contribution is 2.19. The maximum absolute atomic E-state index is 13.6. The van der Waals surface area contributed by atoms with Crippen LogP contribution in [0, 0.1) is 5.82 Å². The number of primary amides is 1. The van der Waals surface area contributed by atoms with Crippen molar-refractivity contribution in [3.8, 4) is 0 Å². The normalized spacial score (nSPS) is 13.7. The van der Waals surface area contributed by atoms with Crippen molar-refractivity contribution >= 4 is 11.6 Å². The van der Waals surface area contributed by atoms with E-state index in [0.717, 1.165) is 19.4 Å². The predicted molar refractivity (Wildman–Crippen MR) is 84.8 cm³/mol. The summed E-state index contributed by atoms with van der Waals surface area (Å²) in [6, 6.07) is 6.73. The molecule has 0 bridgehead atoms. The first-order valence-electron chi connectivity index (χ1n) is 7.41. The summed E-state index contributed by atoms with van der Waals surface area (Å²) >= 11 is 0. The zero-order valence-corrected chi connectivity index (χ0v) is 13.2. The fourth-order valence-electron chi connectivity index (χ4n) is 2.40. The van der Waals surface area contributed by atoms with Gasteiger partial charge in [0.25, 0.3) is 0 Å². The van der Waals surface area contributed by atoms with Crippen molar-refractivity contribution in [2.24, 2.45) is 5.73 Å². The molecule has 0 heterocycles. The Morgan fingerprint density at radius 3 is 2.62 bits per heavy atom. The molecule has 1 atom stereocenters. The predicted octanol–water partition coefficient (Wildman–Crippen LogP) is 2.29. The summed E-state index contributed by atoms with van der Waals surface area (Å²) in [7, 11) is 1.87. The molecule has 3 N–H and O–H groups in total. The first-order valence-corrected chi connectivity index (χ1v) is 7.41. The van der Waals surface area contributed by atoms with Crippen LogP contribution in [0.25, 0.3) is 0 Å². The van der Waals surface area contributed by atoms with Crippen LogP contribution in [-0.4, -0.2) is 31.6 Å². The minimum atomic E-state index is -0.661. The van der Waals surface area contributed by atoms with Gasteiger partial charge in [-0.1, -0.05) is 19.1 Å². The minimum absolute atomic E-state index is 0.213. The molecule has 0 aliphatic rings. The largest absolute Gasteiger partial charge is 0.372 e. The number of hydrogen-bond donors (Lipinski definition) is 2. The van der Waals surface area contributed by atoms with E-state index in [2.05, 4.69) is 5.32 Å². The molecule has 5 heteroatoms. The molecule has 0 spiro atoms. The number of carbonyl (C=O) groups is 1. The molecule has 1 unspecified atom stereocenters. The van der Waals surface area contributed by atoms with Crippen LogP contribution in [0.2, 0.25) is 0 Å². The Bertz CT molecular complexity index is 467. The fourth-order valence-corrected chi connectivity index (χ4v) is 2.40. The molecule has 0 aromatic heterocycles. The molecule has 0 aliphatic carbocycles. The Kier molecular flexibility index (Phi) is 6.62. The van der Waals surface area contributed by atoms with Crippen LogP contribution in [0.5, 0.6) is 0 Å². The number of nitrogens with one attached hydrogen (secondary N) is 1. The molecule has 0 radical (unpaired) electrons. The smallest absolute Gasteiger partial charge is 0.237 e. The second-order valence-corrected chi connectivity index (χ2v) is 5.56. The van der Waals surface area contributed by atoms with Crippen LogP contribution in [-0.2, 0) is 4.79 Å². The Morgan fingerprint density at radius 1 is 1.38 bits per heavy atom. The van der Waals surface area contributed by atoms with Crippen LogP contribution in [0.1, 0.15) is 33.1 Å². The molecule has 21 heavy (non-hydrogen) atoms. The quantitative estimate of drug-likeness (QED) is 0.687. The van der Waals surface area contributed by atoms with Crippen molar-refractivity contribution in [1.29, 1.82) is 0 Å². The first-order chi connectivity index (χ1) is 9.90. The molecule has 0 aliphatic heterocycles. The van der Waals surface area contributed by atoms with Gasteiger partial charge in [-0.25, -0.2) is 4.39 Å². The number of likely N-dealkylation sites (N-methyl/N-ethyl adjacent to an activating group) is 1. The van der Waals surface area contributed by atoms with Gasteiger partial charge >= 0.3 is 0 Å². The van der Waals surface area contributed by atoms with Crippen LogP contribution in [0.4, 0.5) is 10.1 Å². The van der Waals surface area contributed by atoms with Gasteiger partial charge in [-0.15, -0.1) is 0 Å². The second kappa shape index (κ2) is 7.98. The van der Waals surface area contributed by atoms with Gasteiger partial charge in [0.1, 0.15) is 5.82 Å². The van der Waals surface area contributed by atoms with E-state index in [9.17, 15) is 9.18 Å². The lowest BCUT2D eigenvalue weighted by Gasteiger charge is -2.27. The van der Waals surface area contributed by atoms with Crippen LogP contribution >= 0.6 is 0 Å². The van der Waals surface area contributed by atoms with Gasteiger partial charge < -0.3 is 16.0 Å². The van der Waals surface area contributed by atoms with Crippen LogP contribution in [0.3, 0.4) is 0 Å². The number of benzene rings is 1. The maximum Gasteiger partial charge on any atom is 0.237 e. The molecular weight excluding hydrogens is 269 g/mol. The number of unbranched alkanes of at least 4 members (excludes halogenated alkanes) is 1. The Labute approximate surface area is 126 Å². The lowest BCUT2D eigenvalue weighted by atomic mass is 9.94. The third-order valence-electron chi connectivity index (χ3n) is 3.79. The Balaban J connectivity index is 2.43. The van der Waals surface area contributed by atoms with Gasteiger partial charge in [-0.2, -0.15) is 0 Å². The van der Waals surface area contributed by atoms with E-state index < -0.39 is 5.54 Å². The number of para-hydroxylation sites is 1. The van der Waals surface area contributed by atoms with Gasteiger partial charge in [-0.05, 0) is 44.9 Å². The fraction of sp³-hybridized carbons (Fsp3) is 0.562. The van der Waals surface area contributed by atoms with E-state index in [1.165, 1.54) is 6.07 Å². The van der Waals surface area contributed by atoms with Gasteiger partial charge in [0.2, 0.25) is 5.91 Å². The number of rotatable bonds is 9. The van der Waals surface area contributed by atoms with E-state index in [0.29, 0.717) is 18.7 Å². The highest BCUT2D eigenvalue weighted by atomic mass is 19.1. The summed E-state index contributed by atoms with van der Waals surface area (Å²) in [6.45, 7) is 5.23. The average Bonchev–Trinajstić information content (AvgIpc) is 2.44. The molecule has 118 valence electrons. The van der Waals surface area contributed by atoms with E-state index in [1.54, 1.807) is 12.1 Å². The third-order valence-corrected chi connectivity index (χ3v) is 3.79. The van der Waals surface area contributed by atoms with Gasteiger partial charge in [0.05, 0.1) is 11.2 Å². The number of nitrogens with zero attached hydrogens (tertiary/aromatic N) is 1. The third kappa shape index (κ3) is 5.01. The van der Waals surface area contributed by atoms with Crippen molar-refractivity contribution in [3.05, 3.63) is 30.1 Å². The number of amides is 1. The number of halogens is 1. The summed E-state index contributed by atoms with van der Waals surface area (Å²) in [5.74, 6) is -0.540. The second-order valence-electron chi connectivity index (χ2n) is 5.56. The van der Waals surface area contributed by atoms with E-state index in [1.807, 2.05) is 31.9 Å². The molecule has 0 saturated heterocycles. The molecule has 1 amide bonds. The molecule has 4 nitrogen and oxygen atoms in total. The van der Waals surface area contributed by atoms with Crippen molar-refractivity contribution < 1.29 is 9.18 Å². The van der Waals surface area contributed by atoms with Crippen LogP contribution < -0.4 is 16.0 Å². The highest BCUT2D eigenvalue weighted by molar-refractivity contribution is 5.84. The lowest BCUT2D eigenvalue weighted by Crippen LogP contribution is -2.53. The van der Waals surface area contributed by atoms with Crippen molar-refractivity contribution in [3.63, 3.8) is 0 Å². The van der Waals surface area contributed by atoms with Crippen molar-refractivity contribution in [2.45, 2.75) is 38.6 Å². The van der Waals surface area contributed by atoms with Crippen molar-refractivity contribution in [2.75, 3.05) is 25.0 Å². The van der Waals surface area contributed by atoms with Gasteiger partial charge in [0.15, 0.2) is 0 Å². The number of hydrogen-bond acceptors (Lipinski definition) is 3. The molecule has 1 aromatic carbocycles. The zero-order valence-electron chi connectivity index (χ0n) is 13.2. The summed E-state index contributed by atoms with van der Waals surface area (Å²) in [4.78, 5) is 13.4. The SMILES string of the molecule is CCNC(C)(CCCCN(C)c1ccccc1F)C(N)=O. The Morgan fingerprint density at radius 2 is 2.05 bits per heavy atom. The van der Waals surface area contributed by atoms with Gasteiger partial charge in [-0.3, -0.25) is 4.79 Å². The molecule has 1 rings (SSSR count). The number of anilines is 1. The Hall–Kier alpha value is -1.62. The highest BCUT2D eigenvalue weighted by Gasteiger charge is 2.28. The zero-order chi connectivity index (χ0) is 15.9. The van der Waals surface area contributed by atoms with Gasteiger partial charge in [0, 0.05) is 13.6 Å². The van der Waals surface area contributed by atoms with Crippen LogP contribution in [0.15, 0.2) is 24.3 Å². The molecular formula is C16H26FN3O. The molecule has 0 fully saturated rings. The van der Waals surface area contributed by atoms with Crippen molar-refractivity contribution in [1.82, 2.24) is 5.32 Å². The summed E-state index contributed by atoms with van der Waals surface area (Å²) in [5, 5.41) is 3.14. The van der Waals surface area contributed by atoms with E-state index >= 15 is 0 Å². The van der Waals surface area contributed by atoms with E-state index in [4.69, 9.17) is 5.73 Å².